The smallest absolute Gasteiger partial charge is 0.290 e. The van der Waals surface area contributed by atoms with E-state index < -0.39 is 0 Å². The molecule has 1 aromatic carbocycles. The van der Waals surface area contributed by atoms with Crippen LogP contribution in [0, 0.1) is 6.92 Å². The second-order valence-electron chi connectivity index (χ2n) is 5.95. The molecule has 1 amide bonds. The summed E-state index contributed by atoms with van der Waals surface area (Å²) in [5.74, 6) is 0.392. The van der Waals surface area contributed by atoms with E-state index in [0.29, 0.717) is 12.5 Å². The standard InChI is InChI=1S/C19H24N2O/c1-5-16-11-10-15(4)21(12-16)13-19(22)20-18-9-7-6-8-17(18)14(2)3/h6-12,14H,5,13H2,1-4H3/p+1. The largest absolute Gasteiger partial charge is 0.320 e. The molecule has 0 radical (unpaired) electrons. The van der Waals surface area contributed by atoms with Crippen LogP contribution in [0.15, 0.2) is 42.6 Å². The van der Waals surface area contributed by atoms with E-state index in [0.717, 1.165) is 17.8 Å². The minimum Gasteiger partial charge on any atom is -0.320 e. The number of benzene rings is 1. The van der Waals surface area contributed by atoms with Crippen molar-refractivity contribution in [3.63, 3.8) is 0 Å². The van der Waals surface area contributed by atoms with Gasteiger partial charge in [-0.15, -0.1) is 0 Å². The number of nitrogens with one attached hydrogen (secondary N) is 1. The molecule has 0 spiro atoms. The van der Waals surface area contributed by atoms with Gasteiger partial charge in [0.15, 0.2) is 11.9 Å². The highest BCUT2D eigenvalue weighted by Crippen LogP contribution is 2.23. The van der Waals surface area contributed by atoms with Gasteiger partial charge in [0.05, 0.1) is 0 Å². The van der Waals surface area contributed by atoms with Crippen LogP contribution < -0.4 is 9.88 Å². The number of carbonyl (C=O) groups excluding carboxylic acids is 1. The maximum absolute atomic E-state index is 12.4. The van der Waals surface area contributed by atoms with Crippen LogP contribution in [0.25, 0.3) is 0 Å². The van der Waals surface area contributed by atoms with Crippen molar-refractivity contribution in [3.05, 3.63) is 59.4 Å². The van der Waals surface area contributed by atoms with Crippen LogP contribution in [0.4, 0.5) is 5.69 Å². The Balaban J connectivity index is 2.14. The molecule has 0 aliphatic carbocycles. The second kappa shape index (κ2) is 7.21. The number of rotatable bonds is 5. The normalized spacial score (nSPS) is 10.8. The lowest BCUT2D eigenvalue weighted by molar-refractivity contribution is -0.690. The lowest BCUT2D eigenvalue weighted by atomic mass is 10.0. The van der Waals surface area contributed by atoms with Gasteiger partial charge < -0.3 is 5.32 Å². The van der Waals surface area contributed by atoms with Gasteiger partial charge >= 0.3 is 0 Å². The van der Waals surface area contributed by atoms with Gasteiger partial charge in [-0.3, -0.25) is 4.79 Å². The van der Waals surface area contributed by atoms with Crippen molar-refractivity contribution >= 4 is 11.6 Å². The number of amides is 1. The predicted molar refractivity (Wildman–Crippen MR) is 89.9 cm³/mol. The van der Waals surface area contributed by atoms with Gasteiger partial charge in [-0.1, -0.05) is 39.0 Å². The SMILES string of the molecule is CCc1ccc(C)[n+](CC(=O)Nc2ccccc2C(C)C)c1. The van der Waals surface area contributed by atoms with Gasteiger partial charge in [-0.2, -0.15) is 4.57 Å². The van der Waals surface area contributed by atoms with Crippen LogP contribution in [0.3, 0.4) is 0 Å². The summed E-state index contributed by atoms with van der Waals surface area (Å²) in [6.45, 7) is 8.75. The fraction of sp³-hybridized carbons (Fsp3) is 0.368. The first-order valence-corrected chi connectivity index (χ1v) is 7.89. The first kappa shape index (κ1) is 16.2. The molecule has 22 heavy (non-hydrogen) atoms. The number of aryl methyl sites for hydroxylation is 2. The number of hydrogen-bond acceptors (Lipinski definition) is 1. The molecule has 0 fully saturated rings. The molecule has 1 heterocycles. The molecule has 0 saturated heterocycles. The number of nitrogens with zero attached hydrogens (tertiary/aromatic N) is 1. The molecular formula is C19H25N2O+. The Morgan fingerprint density at radius 1 is 1.18 bits per heavy atom. The third kappa shape index (κ3) is 3.94. The molecule has 1 N–H and O–H groups in total. The lowest BCUT2D eigenvalue weighted by Crippen LogP contribution is -2.43. The van der Waals surface area contributed by atoms with Crippen molar-refractivity contribution in [2.24, 2.45) is 0 Å². The quantitative estimate of drug-likeness (QED) is 0.840. The van der Waals surface area contributed by atoms with Gasteiger partial charge in [-0.25, -0.2) is 0 Å². The van der Waals surface area contributed by atoms with E-state index in [4.69, 9.17) is 0 Å². The topological polar surface area (TPSA) is 33.0 Å². The Kier molecular flexibility index (Phi) is 5.31. The fourth-order valence-electron chi connectivity index (χ4n) is 2.51. The third-order valence-electron chi connectivity index (χ3n) is 3.89. The van der Waals surface area contributed by atoms with E-state index in [1.165, 1.54) is 11.1 Å². The Bertz CT molecular complexity index is 662. The number of para-hydroxylation sites is 1. The first-order valence-electron chi connectivity index (χ1n) is 7.89. The molecule has 2 rings (SSSR count). The molecule has 2 aromatic rings. The second-order valence-corrected chi connectivity index (χ2v) is 5.95. The number of aromatic nitrogens is 1. The number of anilines is 1. The summed E-state index contributed by atoms with van der Waals surface area (Å²) in [6, 6.07) is 12.2. The molecule has 0 atom stereocenters. The van der Waals surface area contributed by atoms with E-state index in [9.17, 15) is 4.79 Å². The molecule has 3 heteroatoms. The molecule has 0 saturated carbocycles. The summed E-state index contributed by atoms with van der Waals surface area (Å²) in [6.07, 6.45) is 3.03. The predicted octanol–water partition coefficient (Wildman–Crippen LogP) is 3.61. The zero-order valence-corrected chi connectivity index (χ0v) is 13.9. The average molecular weight is 297 g/mol. The first-order chi connectivity index (χ1) is 10.5. The van der Waals surface area contributed by atoms with Crippen molar-refractivity contribution in [1.82, 2.24) is 0 Å². The fourth-order valence-corrected chi connectivity index (χ4v) is 2.51. The highest BCUT2D eigenvalue weighted by molar-refractivity contribution is 5.90. The van der Waals surface area contributed by atoms with Gasteiger partial charge in [0, 0.05) is 24.2 Å². The molecule has 0 aliphatic heterocycles. The molecule has 1 aromatic heterocycles. The van der Waals surface area contributed by atoms with Crippen LogP contribution in [-0.4, -0.2) is 5.91 Å². The van der Waals surface area contributed by atoms with E-state index in [-0.39, 0.29) is 5.91 Å². The highest BCUT2D eigenvalue weighted by atomic mass is 16.1. The van der Waals surface area contributed by atoms with Gasteiger partial charge in [0.2, 0.25) is 6.54 Å². The van der Waals surface area contributed by atoms with Crippen molar-refractivity contribution in [3.8, 4) is 0 Å². The molecule has 0 bridgehead atoms. The number of pyridine rings is 1. The van der Waals surface area contributed by atoms with Crippen molar-refractivity contribution in [1.29, 1.82) is 0 Å². The van der Waals surface area contributed by atoms with E-state index in [1.54, 1.807) is 0 Å². The minimum absolute atomic E-state index is 0.00875. The monoisotopic (exact) mass is 297 g/mol. The average Bonchev–Trinajstić information content (AvgIpc) is 2.49. The summed E-state index contributed by atoms with van der Waals surface area (Å²) >= 11 is 0. The van der Waals surface area contributed by atoms with Crippen LogP contribution in [0.1, 0.15) is 43.5 Å². The third-order valence-corrected chi connectivity index (χ3v) is 3.89. The Labute approximate surface area is 133 Å². The maximum atomic E-state index is 12.4. The lowest BCUT2D eigenvalue weighted by Gasteiger charge is -2.13. The summed E-state index contributed by atoms with van der Waals surface area (Å²) in [5, 5.41) is 3.05. The van der Waals surface area contributed by atoms with E-state index in [1.807, 2.05) is 29.7 Å². The van der Waals surface area contributed by atoms with E-state index >= 15 is 0 Å². The van der Waals surface area contributed by atoms with Crippen LogP contribution in [0.5, 0.6) is 0 Å². The zero-order valence-electron chi connectivity index (χ0n) is 13.9. The number of hydrogen-bond donors (Lipinski definition) is 1. The molecule has 0 unspecified atom stereocenters. The van der Waals surface area contributed by atoms with Gasteiger partial charge in [-0.05, 0) is 30.0 Å². The Morgan fingerprint density at radius 2 is 1.91 bits per heavy atom. The maximum Gasteiger partial charge on any atom is 0.290 e. The molecule has 0 aliphatic rings. The molecule has 3 nitrogen and oxygen atoms in total. The van der Waals surface area contributed by atoms with Crippen molar-refractivity contribution < 1.29 is 9.36 Å². The van der Waals surface area contributed by atoms with E-state index in [2.05, 4.69) is 50.5 Å². The summed E-state index contributed by atoms with van der Waals surface area (Å²) in [7, 11) is 0. The summed E-state index contributed by atoms with van der Waals surface area (Å²) in [5.41, 5.74) is 4.40. The van der Waals surface area contributed by atoms with Crippen molar-refractivity contribution in [2.45, 2.75) is 46.6 Å². The molecule has 116 valence electrons. The molecular weight excluding hydrogens is 272 g/mol. The van der Waals surface area contributed by atoms with Crippen LogP contribution in [0.2, 0.25) is 0 Å². The van der Waals surface area contributed by atoms with Gasteiger partial charge in [0.25, 0.3) is 5.91 Å². The highest BCUT2D eigenvalue weighted by Gasteiger charge is 2.15. The van der Waals surface area contributed by atoms with Crippen LogP contribution >= 0.6 is 0 Å². The van der Waals surface area contributed by atoms with Crippen LogP contribution in [-0.2, 0) is 17.8 Å². The summed E-state index contributed by atoms with van der Waals surface area (Å²) < 4.78 is 2.01. The Morgan fingerprint density at radius 3 is 2.59 bits per heavy atom. The van der Waals surface area contributed by atoms with Gasteiger partial charge in [0.1, 0.15) is 0 Å². The summed E-state index contributed by atoms with van der Waals surface area (Å²) in [4.78, 5) is 12.4. The minimum atomic E-state index is 0.00875. The Hall–Kier alpha value is -2.16. The van der Waals surface area contributed by atoms with Crippen molar-refractivity contribution in [2.75, 3.05) is 5.32 Å². The number of carbonyl (C=O) groups is 1. The zero-order chi connectivity index (χ0) is 16.1.